The van der Waals surface area contributed by atoms with Gasteiger partial charge in [0.1, 0.15) is 5.82 Å². The van der Waals surface area contributed by atoms with Crippen LogP contribution in [0.25, 0.3) is 0 Å². The van der Waals surface area contributed by atoms with Gasteiger partial charge in [-0.1, -0.05) is 0 Å². The number of benzene rings is 1. The number of carboxylic acid groups (broad SMARTS) is 1. The molecule has 3 atom stereocenters. The van der Waals surface area contributed by atoms with Crippen LogP contribution in [0.3, 0.4) is 0 Å². The highest BCUT2D eigenvalue weighted by Gasteiger charge is 2.47. The molecule has 2 aromatic rings. The largest absolute Gasteiger partial charge is 0.465 e. The number of nitrogens with zero attached hydrogens (tertiary/aromatic N) is 2. The van der Waals surface area contributed by atoms with Crippen LogP contribution in [0.5, 0.6) is 0 Å². The van der Waals surface area contributed by atoms with Gasteiger partial charge in [0.15, 0.2) is 0 Å². The number of nitrogens with one attached hydrogen (secondary N) is 1. The van der Waals surface area contributed by atoms with Crippen molar-refractivity contribution in [2.24, 2.45) is 5.92 Å². The summed E-state index contributed by atoms with van der Waals surface area (Å²) in [5, 5.41) is 12.7. The highest BCUT2D eigenvalue weighted by atomic mass is 19.1. The van der Waals surface area contributed by atoms with Gasteiger partial charge in [0.25, 0.3) is 0 Å². The molecule has 0 bridgehead atoms. The van der Waals surface area contributed by atoms with Gasteiger partial charge in [0.2, 0.25) is 0 Å². The van der Waals surface area contributed by atoms with Crippen LogP contribution in [0.1, 0.15) is 36.7 Å². The Kier molecular flexibility index (Phi) is 3.40. The topological polar surface area (TPSA) is 65.5 Å². The number of carbonyl (C=O) groups is 1. The molecule has 1 amide bonds. The molecule has 1 fully saturated rings. The second kappa shape index (κ2) is 5.47. The van der Waals surface area contributed by atoms with E-state index in [4.69, 9.17) is 4.98 Å². The van der Waals surface area contributed by atoms with E-state index >= 15 is 0 Å². The van der Waals surface area contributed by atoms with Crippen LogP contribution in [0, 0.1) is 11.7 Å². The van der Waals surface area contributed by atoms with Gasteiger partial charge in [0.05, 0.1) is 23.1 Å². The van der Waals surface area contributed by atoms with Crippen LogP contribution in [0.15, 0.2) is 36.4 Å². The lowest BCUT2D eigenvalue weighted by Crippen LogP contribution is -2.35. The summed E-state index contributed by atoms with van der Waals surface area (Å²) in [6.45, 7) is 2.55. The van der Waals surface area contributed by atoms with Crippen LogP contribution >= 0.6 is 0 Å². The lowest BCUT2D eigenvalue weighted by atomic mass is 10.1. The van der Waals surface area contributed by atoms with Crippen molar-refractivity contribution >= 4 is 17.5 Å². The third-order valence-electron chi connectivity index (χ3n) is 4.81. The SMILES string of the molecule is C[C@H](Nc1ccc(F)cc1)c1ccc2c(n1)[C@H]1C[C@H]1CN2C(=O)O. The molecule has 1 aliphatic carbocycles. The molecule has 4 rings (SSSR count). The third-order valence-corrected chi connectivity index (χ3v) is 4.81. The Morgan fingerprint density at radius 1 is 1.33 bits per heavy atom. The van der Waals surface area contributed by atoms with Crippen molar-refractivity contribution in [3.63, 3.8) is 0 Å². The summed E-state index contributed by atoms with van der Waals surface area (Å²) in [6.07, 6.45) is 0.0844. The fourth-order valence-electron chi connectivity index (χ4n) is 3.39. The molecule has 1 aromatic heterocycles. The Hall–Kier alpha value is -2.63. The zero-order valence-corrected chi connectivity index (χ0v) is 13.2. The van der Waals surface area contributed by atoms with E-state index in [9.17, 15) is 14.3 Å². The fraction of sp³-hybridized carbons (Fsp3) is 0.333. The summed E-state index contributed by atoms with van der Waals surface area (Å²) < 4.78 is 13.0. The molecular formula is C18H18FN3O2. The van der Waals surface area contributed by atoms with Gasteiger partial charge in [-0.3, -0.25) is 9.88 Å². The van der Waals surface area contributed by atoms with E-state index in [-0.39, 0.29) is 11.9 Å². The van der Waals surface area contributed by atoms with Crippen molar-refractivity contribution < 1.29 is 14.3 Å². The molecule has 0 radical (unpaired) electrons. The van der Waals surface area contributed by atoms with E-state index in [1.165, 1.54) is 17.0 Å². The minimum Gasteiger partial charge on any atom is -0.465 e. The van der Waals surface area contributed by atoms with Crippen LogP contribution in [0.4, 0.5) is 20.6 Å². The van der Waals surface area contributed by atoms with Crippen LogP contribution < -0.4 is 10.2 Å². The maximum atomic E-state index is 13.0. The van der Waals surface area contributed by atoms with Crippen molar-refractivity contribution in [1.29, 1.82) is 0 Å². The number of halogens is 1. The first kappa shape index (κ1) is 14.9. The van der Waals surface area contributed by atoms with Crippen LogP contribution in [0.2, 0.25) is 0 Å². The number of hydrogen-bond acceptors (Lipinski definition) is 3. The smallest absolute Gasteiger partial charge is 0.411 e. The highest BCUT2D eigenvalue weighted by molar-refractivity contribution is 5.88. The monoisotopic (exact) mass is 327 g/mol. The second-order valence-corrected chi connectivity index (χ2v) is 6.51. The van der Waals surface area contributed by atoms with E-state index in [1.54, 1.807) is 12.1 Å². The van der Waals surface area contributed by atoms with Crippen LogP contribution in [-0.4, -0.2) is 22.7 Å². The number of rotatable bonds is 3. The standard InChI is InChI=1S/C18H18FN3O2/c1-10(20-13-4-2-12(19)3-5-13)15-6-7-16-17(21-15)14-8-11(14)9-22(16)18(23)24/h2-7,10-11,14,20H,8-9H2,1H3,(H,23,24)/t10-,11-,14-/m0/s1. The molecule has 1 saturated carbocycles. The molecule has 24 heavy (non-hydrogen) atoms. The molecule has 2 N–H and O–H groups in total. The molecule has 0 unspecified atom stereocenters. The van der Waals surface area contributed by atoms with Gasteiger partial charge in [-0.25, -0.2) is 9.18 Å². The zero-order valence-electron chi connectivity index (χ0n) is 13.2. The molecule has 2 heterocycles. The van der Waals surface area contributed by atoms with Crippen molar-refractivity contribution in [2.45, 2.75) is 25.3 Å². The highest BCUT2D eigenvalue weighted by Crippen LogP contribution is 2.53. The Balaban J connectivity index is 1.59. The zero-order chi connectivity index (χ0) is 16.8. The second-order valence-electron chi connectivity index (χ2n) is 6.51. The number of aromatic nitrogens is 1. The average Bonchev–Trinajstić information content (AvgIpc) is 3.35. The third kappa shape index (κ3) is 2.58. The van der Waals surface area contributed by atoms with Crippen molar-refractivity contribution in [2.75, 3.05) is 16.8 Å². The minimum atomic E-state index is -0.923. The molecule has 5 nitrogen and oxygen atoms in total. The maximum Gasteiger partial charge on any atom is 0.411 e. The summed E-state index contributed by atoms with van der Waals surface area (Å²) >= 11 is 0. The average molecular weight is 327 g/mol. The Morgan fingerprint density at radius 3 is 2.79 bits per heavy atom. The molecule has 1 aromatic carbocycles. The van der Waals surface area contributed by atoms with Gasteiger partial charge < -0.3 is 10.4 Å². The number of hydrogen-bond donors (Lipinski definition) is 2. The number of anilines is 2. The quantitative estimate of drug-likeness (QED) is 0.894. The van der Waals surface area contributed by atoms with E-state index in [0.717, 1.165) is 23.5 Å². The predicted molar refractivity (Wildman–Crippen MR) is 88.9 cm³/mol. The molecule has 0 saturated heterocycles. The lowest BCUT2D eigenvalue weighted by Gasteiger charge is -2.27. The predicted octanol–water partition coefficient (Wildman–Crippen LogP) is 4.00. The molecule has 0 spiro atoms. The van der Waals surface area contributed by atoms with Gasteiger partial charge in [-0.05, 0) is 55.7 Å². The van der Waals surface area contributed by atoms with Gasteiger partial charge in [-0.2, -0.15) is 0 Å². The summed E-state index contributed by atoms with van der Waals surface area (Å²) in [7, 11) is 0. The van der Waals surface area contributed by atoms with Gasteiger partial charge in [-0.15, -0.1) is 0 Å². The summed E-state index contributed by atoms with van der Waals surface area (Å²) in [6, 6.07) is 9.85. The van der Waals surface area contributed by atoms with E-state index in [0.29, 0.717) is 24.1 Å². The van der Waals surface area contributed by atoms with Gasteiger partial charge in [0, 0.05) is 18.2 Å². The van der Waals surface area contributed by atoms with E-state index in [1.807, 2.05) is 19.1 Å². The lowest BCUT2D eigenvalue weighted by molar-refractivity contribution is 0.201. The first-order valence-electron chi connectivity index (χ1n) is 8.06. The Bertz CT molecular complexity index is 793. The molecule has 6 heteroatoms. The number of fused-ring (bicyclic) bond motifs is 3. The van der Waals surface area contributed by atoms with Gasteiger partial charge >= 0.3 is 6.09 Å². The first-order valence-corrected chi connectivity index (χ1v) is 8.06. The normalized spacial score (nSPS) is 22.3. The summed E-state index contributed by atoms with van der Waals surface area (Å²) in [4.78, 5) is 17.6. The first-order chi connectivity index (χ1) is 11.5. The summed E-state index contributed by atoms with van der Waals surface area (Å²) in [5.41, 5.74) is 3.27. The molecular weight excluding hydrogens is 309 g/mol. The molecule has 2 aliphatic rings. The number of pyridine rings is 1. The fourth-order valence-corrected chi connectivity index (χ4v) is 3.39. The Labute approximate surface area is 139 Å². The van der Waals surface area contributed by atoms with Crippen molar-refractivity contribution in [3.8, 4) is 0 Å². The molecule has 124 valence electrons. The molecule has 1 aliphatic heterocycles. The van der Waals surface area contributed by atoms with E-state index in [2.05, 4.69) is 5.32 Å². The number of amides is 1. The summed E-state index contributed by atoms with van der Waals surface area (Å²) in [5.74, 6) is 0.513. The Morgan fingerprint density at radius 2 is 2.08 bits per heavy atom. The van der Waals surface area contributed by atoms with Crippen molar-refractivity contribution in [3.05, 3.63) is 53.6 Å². The maximum absolute atomic E-state index is 13.0. The van der Waals surface area contributed by atoms with Crippen molar-refractivity contribution in [1.82, 2.24) is 4.98 Å². The van der Waals surface area contributed by atoms with Crippen LogP contribution in [-0.2, 0) is 0 Å². The minimum absolute atomic E-state index is 0.0573. The van der Waals surface area contributed by atoms with E-state index < -0.39 is 6.09 Å².